The number of ether oxygens (including phenoxy) is 2. The lowest BCUT2D eigenvalue weighted by Gasteiger charge is -2.34. The van der Waals surface area contributed by atoms with Crippen molar-refractivity contribution < 1.29 is 27.9 Å². The zero-order valence-electron chi connectivity index (χ0n) is 18.0. The van der Waals surface area contributed by atoms with E-state index in [2.05, 4.69) is 9.64 Å². The van der Waals surface area contributed by atoms with Crippen LogP contribution in [0.2, 0.25) is 0 Å². The van der Waals surface area contributed by atoms with E-state index in [9.17, 15) is 18.8 Å². The summed E-state index contributed by atoms with van der Waals surface area (Å²) in [6.45, 7) is 2.99. The maximum Gasteiger partial charge on any atom is 0.305 e. The molecule has 3 rings (SSSR count). The summed E-state index contributed by atoms with van der Waals surface area (Å²) in [7, 11) is 1.33. The quantitative estimate of drug-likeness (QED) is 0.546. The van der Waals surface area contributed by atoms with Crippen LogP contribution in [0.25, 0.3) is 0 Å². The van der Waals surface area contributed by atoms with Crippen LogP contribution in [0.4, 0.5) is 4.39 Å². The number of esters is 1. The molecule has 2 heterocycles. The first kappa shape index (κ1) is 23.5. The fourth-order valence-electron chi connectivity index (χ4n) is 3.43. The number of methoxy groups -OCH3 is 1. The molecule has 0 bridgehead atoms. The van der Waals surface area contributed by atoms with Crippen molar-refractivity contribution in [1.82, 2.24) is 9.80 Å². The fourth-order valence-corrected chi connectivity index (χ4v) is 3.43. The summed E-state index contributed by atoms with van der Waals surface area (Å²) >= 11 is 0. The summed E-state index contributed by atoms with van der Waals surface area (Å²) in [5, 5.41) is 0. The lowest BCUT2D eigenvalue weighted by Crippen LogP contribution is -2.48. The Morgan fingerprint density at radius 3 is 2.59 bits per heavy atom. The van der Waals surface area contributed by atoms with E-state index in [0.29, 0.717) is 56.9 Å². The zero-order chi connectivity index (χ0) is 22.9. The molecular formula is C23H27FN2O6. The normalized spacial score (nSPS) is 14.2. The van der Waals surface area contributed by atoms with Crippen LogP contribution in [0.1, 0.15) is 30.6 Å². The van der Waals surface area contributed by atoms with Crippen molar-refractivity contribution in [3.8, 4) is 5.75 Å². The Kier molecular flexibility index (Phi) is 8.38. The van der Waals surface area contributed by atoms with Crippen molar-refractivity contribution in [2.75, 3.05) is 33.3 Å². The summed E-state index contributed by atoms with van der Waals surface area (Å²) in [6, 6.07) is 7.37. The van der Waals surface area contributed by atoms with Gasteiger partial charge in [-0.3, -0.25) is 19.3 Å². The van der Waals surface area contributed by atoms with Gasteiger partial charge in [-0.25, -0.2) is 4.39 Å². The van der Waals surface area contributed by atoms with Gasteiger partial charge >= 0.3 is 5.97 Å². The molecular weight excluding hydrogens is 419 g/mol. The molecule has 172 valence electrons. The topological polar surface area (TPSA) is 89.3 Å². The average molecular weight is 446 g/mol. The molecule has 0 radical (unpaired) electrons. The Bertz CT molecular complexity index is 984. The van der Waals surface area contributed by atoms with Gasteiger partial charge in [0.05, 0.1) is 13.7 Å². The molecule has 1 fully saturated rings. The molecule has 0 aliphatic carbocycles. The summed E-state index contributed by atoms with van der Waals surface area (Å²) in [6.07, 6.45) is 2.31. The van der Waals surface area contributed by atoms with E-state index in [-0.39, 0.29) is 41.9 Å². The number of piperazine rings is 1. The van der Waals surface area contributed by atoms with Crippen LogP contribution in [0, 0.1) is 5.82 Å². The monoisotopic (exact) mass is 446 g/mol. The third kappa shape index (κ3) is 6.91. The number of rotatable bonds is 9. The van der Waals surface area contributed by atoms with Crippen LogP contribution in [-0.4, -0.2) is 55.0 Å². The smallest absolute Gasteiger partial charge is 0.305 e. The van der Waals surface area contributed by atoms with Crippen molar-refractivity contribution >= 4 is 11.9 Å². The first-order valence-corrected chi connectivity index (χ1v) is 10.5. The number of nitrogens with zero attached hydrogens (tertiary/aromatic N) is 2. The lowest BCUT2D eigenvalue weighted by molar-refractivity contribution is -0.141. The highest BCUT2D eigenvalue weighted by Gasteiger charge is 2.22. The molecule has 0 atom stereocenters. The number of carbonyl (C=O) groups excluding carboxylic acids is 2. The van der Waals surface area contributed by atoms with E-state index in [1.807, 2.05) is 0 Å². The number of hydrogen-bond donors (Lipinski definition) is 0. The largest absolute Gasteiger partial charge is 0.482 e. The van der Waals surface area contributed by atoms with Crippen LogP contribution in [0.3, 0.4) is 0 Å². The summed E-state index contributed by atoms with van der Waals surface area (Å²) in [5.41, 5.74) is 0.313. The lowest BCUT2D eigenvalue weighted by atomic mass is 10.2. The molecule has 2 aromatic rings. The highest BCUT2D eigenvalue weighted by atomic mass is 19.1. The van der Waals surface area contributed by atoms with E-state index in [1.165, 1.54) is 31.6 Å². The van der Waals surface area contributed by atoms with Crippen molar-refractivity contribution in [3.05, 3.63) is 64.0 Å². The third-order valence-corrected chi connectivity index (χ3v) is 5.24. The van der Waals surface area contributed by atoms with Crippen LogP contribution in [0.5, 0.6) is 5.75 Å². The summed E-state index contributed by atoms with van der Waals surface area (Å²) in [4.78, 5) is 39.6. The number of amides is 1. The molecule has 0 saturated carbocycles. The molecule has 0 spiro atoms. The van der Waals surface area contributed by atoms with Gasteiger partial charge in [-0.15, -0.1) is 0 Å². The van der Waals surface area contributed by atoms with Gasteiger partial charge in [0.2, 0.25) is 17.1 Å². The van der Waals surface area contributed by atoms with Gasteiger partial charge in [-0.05, 0) is 24.1 Å². The second-order valence-corrected chi connectivity index (χ2v) is 7.58. The highest BCUT2D eigenvalue weighted by molar-refractivity contribution is 5.77. The first-order chi connectivity index (χ1) is 15.4. The molecule has 0 unspecified atom stereocenters. The third-order valence-electron chi connectivity index (χ3n) is 5.24. The van der Waals surface area contributed by atoms with Crippen molar-refractivity contribution in [3.63, 3.8) is 0 Å². The Hall–Kier alpha value is -3.20. The van der Waals surface area contributed by atoms with Crippen molar-refractivity contribution in [2.45, 2.75) is 32.4 Å². The van der Waals surface area contributed by atoms with E-state index in [0.717, 1.165) is 0 Å². The molecule has 9 heteroatoms. The van der Waals surface area contributed by atoms with Crippen LogP contribution in [-0.2, 0) is 27.5 Å². The molecule has 8 nitrogen and oxygen atoms in total. The molecule has 1 aromatic heterocycles. The van der Waals surface area contributed by atoms with E-state index < -0.39 is 0 Å². The standard InChI is InChI=1S/C23H27FN2O6/c1-30-23(29)7-3-6-22(28)26-10-8-25(9-11-26)14-19-13-20(27)21(16-31-19)32-15-17-4-2-5-18(24)12-17/h2,4-5,12-13,16H,3,6-11,14-15H2,1H3. The van der Waals surface area contributed by atoms with Crippen molar-refractivity contribution in [2.24, 2.45) is 0 Å². The maximum atomic E-state index is 13.2. The van der Waals surface area contributed by atoms with Gasteiger partial charge in [0.1, 0.15) is 24.4 Å². The number of carbonyl (C=O) groups is 2. The number of hydrogen-bond acceptors (Lipinski definition) is 7. The zero-order valence-corrected chi connectivity index (χ0v) is 18.0. The molecule has 1 amide bonds. The minimum absolute atomic E-state index is 0.0277. The van der Waals surface area contributed by atoms with E-state index >= 15 is 0 Å². The second kappa shape index (κ2) is 11.4. The van der Waals surface area contributed by atoms with Gasteiger partial charge in [-0.2, -0.15) is 0 Å². The van der Waals surface area contributed by atoms with Gasteiger partial charge < -0.3 is 18.8 Å². The molecule has 1 aliphatic heterocycles. The van der Waals surface area contributed by atoms with E-state index in [1.54, 1.807) is 17.0 Å². The number of halogens is 1. The van der Waals surface area contributed by atoms with Crippen LogP contribution in [0.15, 0.2) is 45.8 Å². The summed E-state index contributed by atoms with van der Waals surface area (Å²) < 4.78 is 28.8. The second-order valence-electron chi connectivity index (χ2n) is 7.58. The molecule has 1 aromatic carbocycles. The predicted octanol–water partition coefficient (Wildman–Crippen LogP) is 2.35. The Balaban J connectivity index is 1.44. The van der Waals surface area contributed by atoms with Crippen LogP contribution >= 0.6 is 0 Å². The predicted molar refractivity (Wildman–Crippen MR) is 113 cm³/mol. The van der Waals surface area contributed by atoms with Gasteiger partial charge in [0.15, 0.2) is 0 Å². The molecule has 32 heavy (non-hydrogen) atoms. The van der Waals surface area contributed by atoms with E-state index in [4.69, 9.17) is 9.15 Å². The summed E-state index contributed by atoms with van der Waals surface area (Å²) in [5.74, 6) is -0.0720. The maximum absolute atomic E-state index is 13.2. The Morgan fingerprint density at radius 2 is 1.91 bits per heavy atom. The Morgan fingerprint density at radius 1 is 1.12 bits per heavy atom. The fraction of sp³-hybridized carbons (Fsp3) is 0.435. The minimum Gasteiger partial charge on any atom is -0.482 e. The molecule has 1 saturated heterocycles. The molecule has 0 N–H and O–H groups in total. The Labute approximate surface area is 185 Å². The van der Waals surface area contributed by atoms with Gasteiger partial charge in [-0.1, -0.05) is 12.1 Å². The first-order valence-electron chi connectivity index (χ1n) is 10.5. The van der Waals surface area contributed by atoms with Gasteiger partial charge in [0.25, 0.3) is 0 Å². The average Bonchev–Trinajstić information content (AvgIpc) is 2.79. The van der Waals surface area contributed by atoms with Gasteiger partial charge in [0, 0.05) is 45.1 Å². The SMILES string of the molecule is COC(=O)CCCC(=O)N1CCN(Cc2cc(=O)c(OCc3cccc(F)c3)co2)CC1. The minimum atomic E-state index is -0.364. The number of benzene rings is 1. The highest BCUT2D eigenvalue weighted by Crippen LogP contribution is 2.13. The molecule has 1 aliphatic rings. The van der Waals surface area contributed by atoms with Crippen molar-refractivity contribution in [1.29, 1.82) is 0 Å². The van der Waals surface area contributed by atoms with Crippen LogP contribution < -0.4 is 10.2 Å².